The highest BCUT2D eigenvalue weighted by molar-refractivity contribution is 5.68. The predicted molar refractivity (Wildman–Crippen MR) is 77.4 cm³/mol. The van der Waals surface area contributed by atoms with Crippen molar-refractivity contribution in [2.24, 2.45) is 0 Å². The van der Waals surface area contributed by atoms with Crippen molar-refractivity contribution in [3.8, 4) is 0 Å². The highest BCUT2D eigenvalue weighted by Crippen LogP contribution is 2.10. The van der Waals surface area contributed by atoms with Crippen molar-refractivity contribution in [3.05, 3.63) is 0 Å². The van der Waals surface area contributed by atoms with Gasteiger partial charge in [0, 0.05) is 32.2 Å². The number of likely N-dealkylation sites (N-methyl/N-ethyl adjacent to an activating group) is 2. The summed E-state index contributed by atoms with van der Waals surface area (Å²) in [5, 5.41) is 3.50. The number of rotatable bonds is 5. The van der Waals surface area contributed by atoms with Crippen LogP contribution in [0.5, 0.6) is 0 Å². The quantitative estimate of drug-likeness (QED) is 0.824. The van der Waals surface area contributed by atoms with Crippen LogP contribution in [-0.4, -0.2) is 67.3 Å². The average molecular weight is 271 g/mol. The van der Waals surface area contributed by atoms with Gasteiger partial charge in [0.05, 0.1) is 0 Å². The van der Waals surface area contributed by atoms with Gasteiger partial charge in [-0.25, -0.2) is 4.79 Å². The zero-order chi connectivity index (χ0) is 14.5. The van der Waals surface area contributed by atoms with Gasteiger partial charge in [-0.05, 0) is 47.7 Å². The van der Waals surface area contributed by atoms with Gasteiger partial charge in [-0.2, -0.15) is 0 Å². The van der Waals surface area contributed by atoms with Crippen LogP contribution in [0.15, 0.2) is 0 Å². The molecule has 1 aliphatic rings. The van der Waals surface area contributed by atoms with E-state index in [9.17, 15) is 4.79 Å². The van der Waals surface area contributed by atoms with Crippen LogP contribution in [0.4, 0.5) is 4.79 Å². The van der Waals surface area contributed by atoms with E-state index in [0.29, 0.717) is 19.1 Å². The van der Waals surface area contributed by atoms with Gasteiger partial charge in [0.2, 0.25) is 0 Å². The molecule has 0 aliphatic carbocycles. The Hall–Kier alpha value is -0.810. The highest BCUT2D eigenvalue weighted by atomic mass is 16.6. The second kappa shape index (κ2) is 7.10. The number of likely N-dealkylation sites (tertiary alicyclic amines) is 1. The Bertz CT molecular complexity index is 289. The Balaban J connectivity index is 2.26. The zero-order valence-electron chi connectivity index (χ0n) is 13.0. The van der Waals surface area contributed by atoms with Crippen molar-refractivity contribution < 1.29 is 9.53 Å². The first-order chi connectivity index (χ1) is 8.81. The number of nitrogens with one attached hydrogen (secondary N) is 1. The fourth-order valence-electron chi connectivity index (χ4n) is 2.21. The molecule has 0 radical (unpaired) electrons. The number of amides is 1. The lowest BCUT2D eigenvalue weighted by Crippen LogP contribution is -2.42. The van der Waals surface area contributed by atoms with Crippen molar-refractivity contribution in [3.63, 3.8) is 0 Å². The summed E-state index contributed by atoms with van der Waals surface area (Å²) in [4.78, 5) is 16.0. The molecule has 1 saturated heterocycles. The Kier molecular flexibility index (Phi) is 6.07. The Morgan fingerprint density at radius 1 is 1.47 bits per heavy atom. The summed E-state index contributed by atoms with van der Waals surface area (Å²) in [6.45, 7) is 12.1. The van der Waals surface area contributed by atoms with E-state index in [1.165, 1.54) is 6.42 Å². The molecule has 0 saturated carbocycles. The molecule has 19 heavy (non-hydrogen) atoms. The molecule has 1 rings (SSSR count). The highest BCUT2D eigenvalue weighted by Gasteiger charge is 2.22. The topological polar surface area (TPSA) is 44.8 Å². The maximum Gasteiger partial charge on any atom is 0.410 e. The lowest BCUT2D eigenvalue weighted by atomic mass is 10.2. The maximum absolute atomic E-state index is 11.9. The maximum atomic E-state index is 11.9. The molecule has 5 heteroatoms. The standard InChI is InChI=1S/C14H29N3O2/c1-6-17(13(18)19-14(2,3)4)10-8-15-12-7-9-16(5)11-12/h12,15H,6-11H2,1-5H3. The smallest absolute Gasteiger partial charge is 0.410 e. The number of carbonyl (C=O) groups is 1. The predicted octanol–water partition coefficient (Wildman–Crippen LogP) is 1.54. The van der Waals surface area contributed by atoms with Gasteiger partial charge >= 0.3 is 6.09 Å². The number of carbonyl (C=O) groups excluding carboxylic acids is 1. The molecule has 1 aliphatic heterocycles. The molecule has 112 valence electrons. The van der Waals surface area contributed by atoms with Gasteiger partial charge in [0.25, 0.3) is 0 Å². The van der Waals surface area contributed by atoms with E-state index >= 15 is 0 Å². The van der Waals surface area contributed by atoms with Gasteiger partial charge in [-0.15, -0.1) is 0 Å². The van der Waals surface area contributed by atoms with Crippen LogP contribution in [0.1, 0.15) is 34.1 Å². The van der Waals surface area contributed by atoms with Gasteiger partial charge < -0.3 is 19.9 Å². The second-order valence-corrected chi connectivity index (χ2v) is 6.26. The molecule has 5 nitrogen and oxygen atoms in total. The van der Waals surface area contributed by atoms with E-state index < -0.39 is 5.60 Å². The van der Waals surface area contributed by atoms with Crippen molar-refractivity contribution >= 4 is 6.09 Å². The van der Waals surface area contributed by atoms with E-state index in [-0.39, 0.29) is 6.09 Å². The molecule has 0 aromatic carbocycles. The van der Waals surface area contributed by atoms with Gasteiger partial charge in [-0.3, -0.25) is 0 Å². The van der Waals surface area contributed by atoms with Crippen LogP contribution in [0.3, 0.4) is 0 Å². The van der Waals surface area contributed by atoms with Gasteiger partial charge in [-0.1, -0.05) is 0 Å². The minimum Gasteiger partial charge on any atom is -0.444 e. The Morgan fingerprint density at radius 2 is 2.16 bits per heavy atom. The summed E-state index contributed by atoms with van der Waals surface area (Å²) < 4.78 is 5.38. The summed E-state index contributed by atoms with van der Waals surface area (Å²) in [5.41, 5.74) is -0.425. The SMILES string of the molecule is CCN(CCNC1CCN(C)C1)C(=O)OC(C)(C)C. The lowest BCUT2D eigenvalue weighted by molar-refractivity contribution is 0.0261. The third kappa shape index (κ3) is 6.25. The molecule has 1 heterocycles. The van der Waals surface area contributed by atoms with Crippen LogP contribution in [0.25, 0.3) is 0 Å². The summed E-state index contributed by atoms with van der Waals surface area (Å²) in [6.07, 6.45) is 0.968. The third-order valence-corrected chi connectivity index (χ3v) is 3.24. The van der Waals surface area contributed by atoms with Gasteiger partial charge in [0.15, 0.2) is 0 Å². The van der Waals surface area contributed by atoms with Crippen LogP contribution < -0.4 is 5.32 Å². The Morgan fingerprint density at radius 3 is 2.63 bits per heavy atom. The van der Waals surface area contributed by atoms with E-state index in [4.69, 9.17) is 4.74 Å². The lowest BCUT2D eigenvalue weighted by Gasteiger charge is -2.27. The fraction of sp³-hybridized carbons (Fsp3) is 0.929. The number of ether oxygens (including phenoxy) is 1. The monoisotopic (exact) mass is 271 g/mol. The second-order valence-electron chi connectivity index (χ2n) is 6.26. The third-order valence-electron chi connectivity index (χ3n) is 3.24. The molecule has 1 atom stereocenters. The molecule has 0 aromatic rings. The summed E-state index contributed by atoms with van der Waals surface area (Å²) in [6, 6.07) is 0.558. The summed E-state index contributed by atoms with van der Waals surface area (Å²) in [7, 11) is 2.14. The molecule has 0 aromatic heterocycles. The van der Waals surface area contributed by atoms with Crippen LogP contribution in [0.2, 0.25) is 0 Å². The molecular formula is C14H29N3O2. The number of hydrogen-bond donors (Lipinski definition) is 1. The normalized spacial score (nSPS) is 20.6. The van der Waals surface area contributed by atoms with Crippen molar-refractivity contribution in [2.75, 3.05) is 39.8 Å². The summed E-state index contributed by atoms with van der Waals surface area (Å²) in [5.74, 6) is 0. The first-order valence-electron chi connectivity index (χ1n) is 7.21. The zero-order valence-corrected chi connectivity index (χ0v) is 13.0. The molecule has 1 fully saturated rings. The first-order valence-corrected chi connectivity index (χ1v) is 7.21. The van der Waals surface area contributed by atoms with E-state index in [1.807, 2.05) is 27.7 Å². The minimum absolute atomic E-state index is 0.222. The van der Waals surface area contributed by atoms with Crippen molar-refractivity contribution in [1.82, 2.24) is 15.1 Å². The number of hydrogen-bond acceptors (Lipinski definition) is 4. The minimum atomic E-state index is -0.425. The average Bonchev–Trinajstić information content (AvgIpc) is 2.68. The van der Waals surface area contributed by atoms with Crippen molar-refractivity contribution in [2.45, 2.75) is 45.8 Å². The van der Waals surface area contributed by atoms with Crippen LogP contribution in [-0.2, 0) is 4.74 Å². The molecule has 1 amide bonds. The fourth-order valence-corrected chi connectivity index (χ4v) is 2.21. The number of nitrogens with zero attached hydrogens (tertiary/aromatic N) is 2. The van der Waals surface area contributed by atoms with E-state index in [1.54, 1.807) is 4.90 Å². The molecular weight excluding hydrogens is 242 g/mol. The Labute approximate surface area is 117 Å². The van der Waals surface area contributed by atoms with Crippen molar-refractivity contribution in [1.29, 1.82) is 0 Å². The van der Waals surface area contributed by atoms with Crippen LogP contribution >= 0.6 is 0 Å². The van der Waals surface area contributed by atoms with E-state index in [0.717, 1.165) is 19.6 Å². The molecule has 0 bridgehead atoms. The molecule has 0 spiro atoms. The van der Waals surface area contributed by atoms with E-state index in [2.05, 4.69) is 17.3 Å². The molecule has 1 N–H and O–H groups in total. The molecule has 1 unspecified atom stereocenters. The largest absolute Gasteiger partial charge is 0.444 e. The van der Waals surface area contributed by atoms with Gasteiger partial charge in [0.1, 0.15) is 5.60 Å². The summed E-state index contributed by atoms with van der Waals surface area (Å²) >= 11 is 0. The first kappa shape index (κ1) is 16.2. The van der Waals surface area contributed by atoms with Crippen LogP contribution in [0, 0.1) is 0 Å².